The van der Waals surface area contributed by atoms with Crippen LogP contribution < -0.4 is 5.73 Å². The van der Waals surface area contributed by atoms with Crippen molar-refractivity contribution in [2.24, 2.45) is 5.73 Å². The first-order valence-electron chi connectivity index (χ1n) is 5.49. The van der Waals surface area contributed by atoms with Gasteiger partial charge in [0.1, 0.15) is 0 Å². The van der Waals surface area contributed by atoms with Gasteiger partial charge in [-0.2, -0.15) is 0 Å². The average Bonchev–Trinajstić information content (AvgIpc) is 1.99. The van der Waals surface area contributed by atoms with Gasteiger partial charge in [-0.05, 0) is 34.5 Å². The molecule has 1 unspecified atom stereocenters. The predicted octanol–water partition coefficient (Wildman–Crippen LogP) is 0.997. The van der Waals surface area contributed by atoms with Crippen LogP contribution in [-0.4, -0.2) is 56.1 Å². The minimum Gasteiger partial charge on any atom is -0.324 e. The lowest BCUT2D eigenvalue weighted by Gasteiger charge is -2.30. The van der Waals surface area contributed by atoms with Gasteiger partial charge in [-0.3, -0.25) is 0 Å². The van der Waals surface area contributed by atoms with Crippen molar-refractivity contribution in [3.63, 3.8) is 0 Å². The van der Waals surface area contributed by atoms with Crippen molar-refractivity contribution in [3.8, 4) is 0 Å². The lowest BCUT2D eigenvalue weighted by molar-refractivity contribution is 0.225. The van der Waals surface area contributed by atoms with Gasteiger partial charge in [0.2, 0.25) is 0 Å². The first-order valence-corrected chi connectivity index (χ1v) is 5.49. The van der Waals surface area contributed by atoms with E-state index < -0.39 is 0 Å². The number of likely N-dealkylation sites (N-methyl/N-ethyl adjacent to an activating group) is 2. The van der Waals surface area contributed by atoms with Gasteiger partial charge in [-0.1, -0.05) is 13.3 Å². The number of hydrogen-bond acceptors (Lipinski definition) is 3. The quantitative estimate of drug-likeness (QED) is 0.667. The Bertz CT molecular complexity index is 143. The van der Waals surface area contributed by atoms with Crippen molar-refractivity contribution in [1.82, 2.24) is 9.80 Å². The Morgan fingerprint density at radius 2 is 1.71 bits per heavy atom. The molecule has 0 amide bonds. The smallest absolute Gasteiger partial charge is 0.0254 e. The van der Waals surface area contributed by atoms with Crippen LogP contribution in [-0.2, 0) is 0 Å². The van der Waals surface area contributed by atoms with Crippen LogP contribution in [0, 0.1) is 0 Å². The van der Waals surface area contributed by atoms with E-state index in [0.717, 1.165) is 32.5 Å². The van der Waals surface area contributed by atoms with E-state index in [1.165, 1.54) is 0 Å². The zero-order chi connectivity index (χ0) is 11.2. The summed E-state index contributed by atoms with van der Waals surface area (Å²) in [6.07, 6.45) is 2.26. The molecule has 14 heavy (non-hydrogen) atoms. The normalized spacial score (nSPS) is 16.3. The lowest BCUT2D eigenvalue weighted by Crippen LogP contribution is -2.47. The summed E-state index contributed by atoms with van der Waals surface area (Å²) in [5, 5.41) is 0. The molecule has 0 aliphatic heterocycles. The number of nitrogens with zero attached hydrogens (tertiary/aromatic N) is 2. The van der Waals surface area contributed by atoms with E-state index in [9.17, 15) is 0 Å². The summed E-state index contributed by atoms with van der Waals surface area (Å²) in [4.78, 5) is 4.51. The molecule has 0 heterocycles. The Hall–Kier alpha value is -0.120. The Morgan fingerprint density at radius 3 is 2.14 bits per heavy atom. The highest BCUT2D eigenvalue weighted by Gasteiger charge is 2.18. The largest absolute Gasteiger partial charge is 0.324 e. The van der Waals surface area contributed by atoms with E-state index in [1.54, 1.807) is 0 Å². The van der Waals surface area contributed by atoms with Gasteiger partial charge in [-0.15, -0.1) is 0 Å². The van der Waals surface area contributed by atoms with Crippen LogP contribution in [0.5, 0.6) is 0 Å². The van der Waals surface area contributed by atoms with E-state index in [-0.39, 0.29) is 5.54 Å². The molecule has 0 radical (unpaired) electrons. The Kier molecular flexibility index (Phi) is 6.33. The van der Waals surface area contributed by atoms with Crippen LogP contribution in [0.4, 0.5) is 0 Å². The molecule has 0 saturated heterocycles. The highest BCUT2D eigenvalue weighted by Crippen LogP contribution is 2.09. The number of nitrogens with two attached hydrogens (primary N) is 1. The third-order valence-corrected chi connectivity index (χ3v) is 2.38. The second-order valence-electron chi connectivity index (χ2n) is 4.95. The van der Waals surface area contributed by atoms with Crippen molar-refractivity contribution in [2.75, 3.05) is 40.8 Å². The molecule has 0 spiro atoms. The van der Waals surface area contributed by atoms with Crippen LogP contribution >= 0.6 is 0 Å². The van der Waals surface area contributed by atoms with Gasteiger partial charge in [0.15, 0.2) is 0 Å². The molecule has 1 atom stereocenters. The molecule has 0 aliphatic carbocycles. The van der Waals surface area contributed by atoms with Crippen molar-refractivity contribution >= 4 is 0 Å². The molecule has 2 N–H and O–H groups in total. The molecule has 3 nitrogen and oxygen atoms in total. The maximum absolute atomic E-state index is 6.18. The average molecular weight is 201 g/mol. The van der Waals surface area contributed by atoms with Gasteiger partial charge in [0.25, 0.3) is 0 Å². The Morgan fingerprint density at radius 1 is 1.14 bits per heavy atom. The lowest BCUT2D eigenvalue weighted by atomic mass is 9.97. The highest BCUT2D eigenvalue weighted by molar-refractivity contribution is 4.81. The fourth-order valence-corrected chi connectivity index (χ4v) is 1.72. The SMILES string of the molecule is CCCC(C)(N)CN(C)CCN(C)C. The summed E-state index contributed by atoms with van der Waals surface area (Å²) >= 11 is 0. The zero-order valence-corrected chi connectivity index (χ0v) is 10.5. The minimum absolute atomic E-state index is 0.0319. The van der Waals surface area contributed by atoms with Crippen molar-refractivity contribution in [3.05, 3.63) is 0 Å². The van der Waals surface area contributed by atoms with Gasteiger partial charge in [0, 0.05) is 25.2 Å². The molecular weight excluding hydrogens is 174 g/mol. The summed E-state index contributed by atoms with van der Waals surface area (Å²) in [5.41, 5.74) is 6.15. The van der Waals surface area contributed by atoms with E-state index in [1.807, 2.05) is 0 Å². The van der Waals surface area contributed by atoms with E-state index in [2.05, 4.69) is 44.8 Å². The van der Waals surface area contributed by atoms with Crippen molar-refractivity contribution < 1.29 is 0 Å². The van der Waals surface area contributed by atoms with Crippen molar-refractivity contribution in [2.45, 2.75) is 32.2 Å². The zero-order valence-electron chi connectivity index (χ0n) is 10.5. The first-order chi connectivity index (χ1) is 6.37. The molecular formula is C11H27N3. The Labute approximate surface area is 89.2 Å². The molecule has 0 aromatic rings. The third-order valence-electron chi connectivity index (χ3n) is 2.38. The molecule has 86 valence electrons. The molecule has 0 aromatic heterocycles. The molecule has 0 rings (SSSR count). The molecule has 0 bridgehead atoms. The summed E-state index contributed by atoms with van der Waals surface area (Å²) in [6, 6.07) is 0. The molecule has 3 heteroatoms. The predicted molar refractivity (Wildman–Crippen MR) is 63.6 cm³/mol. The number of hydrogen-bond donors (Lipinski definition) is 1. The van der Waals surface area contributed by atoms with Crippen molar-refractivity contribution in [1.29, 1.82) is 0 Å². The second-order valence-corrected chi connectivity index (χ2v) is 4.95. The fourth-order valence-electron chi connectivity index (χ4n) is 1.72. The maximum Gasteiger partial charge on any atom is 0.0254 e. The monoisotopic (exact) mass is 201 g/mol. The molecule has 0 aromatic carbocycles. The van der Waals surface area contributed by atoms with Crippen LogP contribution in [0.15, 0.2) is 0 Å². The topological polar surface area (TPSA) is 32.5 Å². The van der Waals surface area contributed by atoms with Gasteiger partial charge in [-0.25, -0.2) is 0 Å². The highest BCUT2D eigenvalue weighted by atomic mass is 15.2. The summed E-state index contributed by atoms with van der Waals surface area (Å²) in [7, 11) is 6.34. The fraction of sp³-hybridized carbons (Fsp3) is 1.00. The maximum atomic E-state index is 6.18. The van der Waals surface area contributed by atoms with E-state index in [0.29, 0.717) is 0 Å². The van der Waals surface area contributed by atoms with Gasteiger partial charge < -0.3 is 15.5 Å². The van der Waals surface area contributed by atoms with E-state index in [4.69, 9.17) is 5.73 Å². The summed E-state index contributed by atoms with van der Waals surface area (Å²) in [6.45, 7) is 7.49. The van der Waals surface area contributed by atoms with Gasteiger partial charge >= 0.3 is 0 Å². The van der Waals surface area contributed by atoms with E-state index >= 15 is 0 Å². The third kappa shape index (κ3) is 7.30. The second kappa shape index (κ2) is 6.38. The summed E-state index contributed by atoms with van der Waals surface area (Å²) in [5.74, 6) is 0. The first kappa shape index (κ1) is 13.9. The van der Waals surface area contributed by atoms with Crippen LogP contribution in [0.1, 0.15) is 26.7 Å². The van der Waals surface area contributed by atoms with Gasteiger partial charge in [0.05, 0.1) is 0 Å². The van der Waals surface area contributed by atoms with Crippen LogP contribution in [0.25, 0.3) is 0 Å². The molecule has 0 aliphatic rings. The van der Waals surface area contributed by atoms with Crippen LogP contribution in [0.3, 0.4) is 0 Å². The van der Waals surface area contributed by atoms with Crippen LogP contribution in [0.2, 0.25) is 0 Å². The number of rotatable bonds is 7. The summed E-state index contributed by atoms with van der Waals surface area (Å²) < 4.78 is 0. The standard InChI is InChI=1S/C11H27N3/c1-6-7-11(2,12)10-14(5)9-8-13(3)4/h6-10,12H2,1-5H3. The Balaban J connectivity index is 3.74. The molecule has 0 fully saturated rings. The molecule has 0 saturated carbocycles. The minimum atomic E-state index is -0.0319.